The first-order chi connectivity index (χ1) is 9.66. The molecule has 20 heavy (non-hydrogen) atoms. The largest absolute Gasteiger partial charge is 0.248 e. The first-order valence-electron chi connectivity index (χ1n) is 6.30. The Morgan fingerprint density at radius 2 is 1.50 bits per heavy atom. The fourth-order valence-electron chi connectivity index (χ4n) is 1.56. The predicted molar refractivity (Wildman–Crippen MR) is 87.0 cm³/mol. The average molecular weight is 300 g/mol. The van der Waals surface area contributed by atoms with Crippen molar-refractivity contribution in [3.05, 3.63) is 76.2 Å². The maximum absolute atomic E-state index is 12.7. The van der Waals surface area contributed by atoms with Crippen molar-refractivity contribution in [1.29, 1.82) is 0 Å². The summed E-state index contributed by atoms with van der Waals surface area (Å²) in [6.07, 6.45) is 0. The third-order valence-corrected chi connectivity index (χ3v) is 5.07. The monoisotopic (exact) mass is 300 g/mol. The van der Waals surface area contributed by atoms with Crippen molar-refractivity contribution in [2.75, 3.05) is 0 Å². The van der Waals surface area contributed by atoms with Gasteiger partial charge in [0.15, 0.2) is 0 Å². The second-order valence-corrected chi connectivity index (χ2v) is 7.17. The Kier molecular flexibility index (Phi) is 5.42. The van der Waals surface area contributed by atoms with Gasteiger partial charge in [-0.05, 0) is 43.7 Å². The van der Waals surface area contributed by atoms with Gasteiger partial charge in [0.25, 0.3) is 0 Å². The van der Waals surface area contributed by atoms with Crippen LogP contribution in [0, 0.1) is 0 Å². The Hall–Kier alpha value is -1.54. The van der Waals surface area contributed by atoms with E-state index in [4.69, 9.17) is 0 Å². The lowest BCUT2D eigenvalue weighted by Crippen LogP contribution is -1.92. The molecule has 2 rings (SSSR count). The van der Waals surface area contributed by atoms with E-state index in [1.807, 2.05) is 74.5 Å². The van der Waals surface area contributed by atoms with Gasteiger partial charge in [-0.3, -0.25) is 0 Å². The highest BCUT2D eigenvalue weighted by Crippen LogP contribution is 2.31. The van der Waals surface area contributed by atoms with E-state index in [-0.39, 0.29) is 0 Å². The Morgan fingerprint density at radius 1 is 0.950 bits per heavy atom. The molecule has 2 aromatic carbocycles. The molecule has 0 saturated carbocycles. The molecule has 0 N–H and O–H groups in total. The van der Waals surface area contributed by atoms with E-state index in [1.54, 1.807) is 0 Å². The topological polar surface area (TPSA) is 17.1 Å². The van der Waals surface area contributed by atoms with E-state index in [9.17, 15) is 4.21 Å². The minimum Gasteiger partial charge on any atom is -0.248 e. The molecule has 0 aliphatic heterocycles. The Balaban J connectivity index is 2.36. The minimum atomic E-state index is -1.19. The molecule has 0 amide bonds. The molecule has 102 valence electrons. The Labute approximate surface area is 126 Å². The van der Waals surface area contributed by atoms with Gasteiger partial charge in [0.05, 0.1) is 10.8 Å². The highest BCUT2D eigenvalue weighted by Gasteiger charge is 2.11. The molecule has 0 saturated heterocycles. The summed E-state index contributed by atoms with van der Waals surface area (Å²) in [5.41, 5.74) is 4.24. The lowest BCUT2D eigenvalue weighted by molar-refractivity contribution is 0.688. The molecule has 0 radical (unpaired) electrons. The molecule has 3 heteroatoms. The van der Waals surface area contributed by atoms with E-state index >= 15 is 0 Å². The molecule has 0 heterocycles. The van der Waals surface area contributed by atoms with Gasteiger partial charge in [-0.2, -0.15) is 0 Å². The molecule has 0 aliphatic rings. The van der Waals surface area contributed by atoms with Gasteiger partial charge >= 0.3 is 0 Å². The number of benzene rings is 2. The molecule has 1 nitrogen and oxygen atoms in total. The molecule has 1 atom stereocenters. The van der Waals surface area contributed by atoms with Crippen molar-refractivity contribution in [2.45, 2.75) is 23.6 Å². The quantitative estimate of drug-likeness (QED) is 0.584. The van der Waals surface area contributed by atoms with Gasteiger partial charge < -0.3 is 0 Å². The normalized spacial score (nSPS) is 11.5. The maximum Gasteiger partial charge on any atom is 0.123 e. The molecule has 0 aromatic heterocycles. The second-order valence-electron chi connectivity index (χ2n) is 4.41. The molecule has 0 fully saturated rings. The third-order valence-electron chi connectivity index (χ3n) is 2.43. The van der Waals surface area contributed by atoms with E-state index in [0.717, 1.165) is 19.6 Å². The summed E-state index contributed by atoms with van der Waals surface area (Å²) < 4.78 is 13.4. The molecular formula is C17H16OS2. The molecular weight excluding hydrogens is 284 g/mol. The number of thioether (sulfide) groups is 1. The van der Waals surface area contributed by atoms with Gasteiger partial charge in [0.2, 0.25) is 0 Å². The summed E-state index contributed by atoms with van der Waals surface area (Å²) in [5, 5.41) is 0. The van der Waals surface area contributed by atoms with E-state index in [0.29, 0.717) is 0 Å². The molecule has 0 aliphatic carbocycles. The van der Waals surface area contributed by atoms with Crippen LogP contribution in [0.4, 0.5) is 0 Å². The van der Waals surface area contributed by atoms with Gasteiger partial charge in [-0.15, -0.1) is 0 Å². The average Bonchev–Trinajstić information content (AvgIpc) is 2.47. The Morgan fingerprint density at radius 3 is 2.05 bits per heavy atom. The molecule has 0 bridgehead atoms. The number of rotatable bonds is 4. The van der Waals surface area contributed by atoms with Crippen LogP contribution in [0.3, 0.4) is 0 Å². The SMILES string of the molecule is CC(C)=C=C(Sc1ccccc1)S(=O)c1ccccc1. The molecule has 2 aromatic rings. The fraction of sp³-hybridized carbons (Fsp3) is 0.118. The molecule has 1 unspecified atom stereocenters. The number of hydrogen-bond donors (Lipinski definition) is 0. The van der Waals surface area contributed by atoms with Gasteiger partial charge in [0.1, 0.15) is 4.24 Å². The van der Waals surface area contributed by atoms with Crippen LogP contribution in [0.1, 0.15) is 13.8 Å². The van der Waals surface area contributed by atoms with E-state index < -0.39 is 10.8 Å². The number of allylic oxidation sites excluding steroid dienone is 1. The van der Waals surface area contributed by atoms with E-state index in [2.05, 4.69) is 5.73 Å². The summed E-state index contributed by atoms with van der Waals surface area (Å²) in [4.78, 5) is 1.88. The van der Waals surface area contributed by atoms with Gasteiger partial charge in [-0.1, -0.05) is 53.9 Å². The zero-order valence-corrected chi connectivity index (χ0v) is 13.1. The Bertz CT molecular complexity index is 650. The van der Waals surface area contributed by atoms with Crippen LogP contribution in [0.25, 0.3) is 0 Å². The lowest BCUT2D eigenvalue weighted by Gasteiger charge is -2.05. The van der Waals surface area contributed by atoms with Crippen LogP contribution in [-0.4, -0.2) is 4.21 Å². The van der Waals surface area contributed by atoms with Crippen molar-refractivity contribution in [2.24, 2.45) is 0 Å². The van der Waals surface area contributed by atoms with Crippen molar-refractivity contribution < 1.29 is 4.21 Å². The first-order valence-corrected chi connectivity index (χ1v) is 8.27. The van der Waals surface area contributed by atoms with Crippen LogP contribution in [0.2, 0.25) is 0 Å². The molecule has 0 spiro atoms. The van der Waals surface area contributed by atoms with Crippen molar-refractivity contribution in [3.8, 4) is 0 Å². The first kappa shape index (κ1) is 14.9. The van der Waals surface area contributed by atoms with Crippen LogP contribution in [-0.2, 0) is 10.8 Å². The highest BCUT2D eigenvalue weighted by molar-refractivity contribution is 8.16. The fourth-order valence-corrected chi connectivity index (χ4v) is 4.12. The summed E-state index contributed by atoms with van der Waals surface area (Å²) in [6.45, 7) is 3.93. The lowest BCUT2D eigenvalue weighted by atomic mass is 10.4. The summed E-state index contributed by atoms with van der Waals surface area (Å²) in [7, 11) is -1.19. The summed E-state index contributed by atoms with van der Waals surface area (Å²) in [5.74, 6) is 0. The number of hydrogen-bond acceptors (Lipinski definition) is 2. The van der Waals surface area contributed by atoms with Crippen molar-refractivity contribution in [1.82, 2.24) is 0 Å². The van der Waals surface area contributed by atoms with Crippen LogP contribution in [0.5, 0.6) is 0 Å². The zero-order valence-electron chi connectivity index (χ0n) is 11.5. The van der Waals surface area contributed by atoms with Gasteiger partial charge in [0, 0.05) is 9.79 Å². The smallest absolute Gasteiger partial charge is 0.123 e. The standard InChI is InChI=1S/C17H16OS2/c1-14(2)13-17(19-15-9-5-3-6-10-15)20(18)16-11-7-4-8-12-16/h3-12H,1-2H3. The minimum absolute atomic E-state index is 0.738. The third kappa shape index (κ3) is 4.24. The summed E-state index contributed by atoms with van der Waals surface area (Å²) >= 11 is 1.50. The van der Waals surface area contributed by atoms with Crippen molar-refractivity contribution >= 4 is 22.6 Å². The highest BCUT2D eigenvalue weighted by atomic mass is 32.2. The van der Waals surface area contributed by atoms with E-state index in [1.165, 1.54) is 11.8 Å². The summed E-state index contributed by atoms with van der Waals surface area (Å²) in [6, 6.07) is 19.5. The zero-order chi connectivity index (χ0) is 14.4. The maximum atomic E-state index is 12.7. The van der Waals surface area contributed by atoms with Crippen LogP contribution < -0.4 is 0 Å². The van der Waals surface area contributed by atoms with Crippen LogP contribution >= 0.6 is 11.8 Å². The predicted octanol–water partition coefficient (Wildman–Crippen LogP) is 4.99. The van der Waals surface area contributed by atoms with Crippen LogP contribution in [0.15, 0.2) is 86.0 Å². The second kappa shape index (κ2) is 7.30. The van der Waals surface area contributed by atoms with Gasteiger partial charge in [-0.25, -0.2) is 4.21 Å². The van der Waals surface area contributed by atoms with Crippen molar-refractivity contribution in [3.63, 3.8) is 0 Å².